The minimum Gasteiger partial charge on any atom is -0.465 e. The highest BCUT2D eigenvalue weighted by molar-refractivity contribution is 5.92. The van der Waals surface area contributed by atoms with Crippen LogP contribution in [0.2, 0.25) is 0 Å². The van der Waals surface area contributed by atoms with Crippen molar-refractivity contribution in [1.29, 1.82) is 0 Å². The zero-order valence-electron chi connectivity index (χ0n) is 16.3. The molecule has 0 aliphatic carbocycles. The molecule has 0 saturated heterocycles. The van der Waals surface area contributed by atoms with Crippen LogP contribution in [0.15, 0.2) is 67.0 Å². The Morgan fingerprint density at radius 2 is 1.83 bits per heavy atom. The van der Waals surface area contributed by atoms with Crippen molar-refractivity contribution in [3.8, 4) is 0 Å². The third-order valence-corrected chi connectivity index (χ3v) is 4.31. The van der Waals surface area contributed by atoms with Crippen LogP contribution in [0.4, 0.5) is 11.5 Å². The molecule has 0 spiro atoms. The van der Waals surface area contributed by atoms with Crippen LogP contribution in [0.25, 0.3) is 0 Å². The summed E-state index contributed by atoms with van der Waals surface area (Å²) in [6.07, 6.45) is 2.94. The molecule has 0 aliphatic rings. The van der Waals surface area contributed by atoms with E-state index in [0.29, 0.717) is 30.2 Å². The topological polar surface area (TPSA) is 84.4 Å². The van der Waals surface area contributed by atoms with Crippen molar-refractivity contribution in [3.63, 3.8) is 0 Å². The number of benzene rings is 2. The first kappa shape index (κ1) is 20.0. The lowest BCUT2D eigenvalue weighted by Crippen LogP contribution is -2.31. The molecule has 1 N–H and O–H groups in total. The molecule has 2 aromatic carbocycles. The first-order valence-corrected chi connectivity index (χ1v) is 9.21. The molecule has 1 heterocycles. The number of aromatic nitrogens is 2. The van der Waals surface area contributed by atoms with Gasteiger partial charge in [-0.05, 0) is 30.7 Å². The molecule has 0 fully saturated rings. The molecule has 0 bridgehead atoms. The van der Waals surface area contributed by atoms with Gasteiger partial charge in [-0.1, -0.05) is 36.4 Å². The summed E-state index contributed by atoms with van der Waals surface area (Å²) in [5.41, 5.74) is 2.42. The van der Waals surface area contributed by atoms with Crippen LogP contribution >= 0.6 is 0 Å². The van der Waals surface area contributed by atoms with Gasteiger partial charge in [0.25, 0.3) is 5.91 Å². The number of carbonyl (C=O) groups excluding carboxylic acids is 2. The van der Waals surface area contributed by atoms with Gasteiger partial charge >= 0.3 is 5.97 Å². The standard InChI is InChI=1S/C22H22N4O3/c1-3-26(15-16-8-5-4-6-9-16)21(27)19-13-24-20(14-23-19)25-18-11-7-10-17(12-18)22(28)29-2/h4-14H,3,15H2,1-2H3,(H,24,25). The number of hydrogen-bond donors (Lipinski definition) is 1. The number of hydrogen-bond acceptors (Lipinski definition) is 6. The maximum absolute atomic E-state index is 12.8. The highest BCUT2D eigenvalue weighted by atomic mass is 16.5. The molecule has 1 amide bonds. The second-order valence-electron chi connectivity index (χ2n) is 6.29. The zero-order valence-corrected chi connectivity index (χ0v) is 16.3. The van der Waals surface area contributed by atoms with Crippen LogP contribution in [0.3, 0.4) is 0 Å². The summed E-state index contributed by atoms with van der Waals surface area (Å²) in [4.78, 5) is 34.6. The average molecular weight is 390 g/mol. The van der Waals surface area contributed by atoms with Gasteiger partial charge in [-0.3, -0.25) is 4.79 Å². The average Bonchev–Trinajstić information content (AvgIpc) is 2.78. The van der Waals surface area contributed by atoms with E-state index >= 15 is 0 Å². The number of carbonyl (C=O) groups is 2. The maximum atomic E-state index is 12.8. The summed E-state index contributed by atoms with van der Waals surface area (Å²) in [5, 5.41) is 3.07. The monoisotopic (exact) mass is 390 g/mol. The molecule has 1 aromatic heterocycles. The SMILES string of the molecule is CCN(Cc1ccccc1)C(=O)c1cnc(Nc2cccc(C(=O)OC)c2)cn1. The smallest absolute Gasteiger partial charge is 0.337 e. The van der Waals surface area contributed by atoms with E-state index in [0.717, 1.165) is 5.56 Å². The van der Waals surface area contributed by atoms with Gasteiger partial charge in [0.15, 0.2) is 0 Å². The Bertz CT molecular complexity index is 975. The minimum absolute atomic E-state index is 0.178. The maximum Gasteiger partial charge on any atom is 0.337 e. The Morgan fingerprint density at radius 3 is 2.48 bits per heavy atom. The van der Waals surface area contributed by atoms with Crippen molar-refractivity contribution in [2.45, 2.75) is 13.5 Å². The van der Waals surface area contributed by atoms with Gasteiger partial charge in [-0.25, -0.2) is 14.8 Å². The predicted molar refractivity (Wildman–Crippen MR) is 110 cm³/mol. The van der Waals surface area contributed by atoms with Crippen LogP contribution in [-0.2, 0) is 11.3 Å². The number of methoxy groups -OCH3 is 1. The summed E-state index contributed by atoms with van der Waals surface area (Å²) in [6, 6.07) is 16.7. The summed E-state index contributed by atoms with van der Waals surface area (Å²) in [7, 11) is 1.33. The molecule has 0 saturated carbocycles. The third kappa shape index (κ3) is 5.16. The summed E-state index contributed by atoms with van der Waals surface area (Å²) in [5.74, 6) is -0.128. The van der Waals surface area contributed by atoms with Crippen LogP contribution in [0, 0.1) is 0 Å². The molecule has 3 aromatic rings. The molecule has 0 aliphatic heterocycles. The van der Waals surface area contributed by atoms with E-state index in [-0.39, 0.29) is 11.6 Å². The van der Waals surface area contributed by atoms with Gasteiger partial charge in [0, 0.05) is 18.8 Å². The van der Waals surface area contributed by atoms with Crippen molar-refractivity contribution in [3.05, 3.63) is 83.8 Å². The largest absolute Gasteiger partial charge is 0.465 e. The second kappa shape index (κ2) is 9.45. The van der Waals surface area contributed by atoms with Crippen LogP contribution < -0.4 is 5.32 Å². The molecule has 7 heteroatoms. The lowest BCUT2D eigenvalue weighted by atomic mass is 10.2. The molecule has 0 unspecified atom stereocenters. The summed E-state index contributed by atoms with van der Waals surface area (Å²) in [6.45, 7) is 3.01. The molecule has 3 rings (SSSR count). The van der Waals surface area contributed by atoms with Crippen molar-refractivity contribution in [1.82, 2.24) is 14.9 Å². The molecule has 148 valence electrons. The normalized spacial score (nSPS) is 10.3. The summed E-state index contributed by atoms with van der Waals surface area (Å²) >= 11 is 0. The van der Waals surface area contributed by atoms with E-state index < -0.39 is 5.97 Å². The van der Waals surface area contributed by atoms with E-state index in [1.165, 1.54) is 19.5 Å². The second-order valence-corrected chi connectivity index (χ2v) is 6.29. The predicted octanol–water partition coefficient (Wildman–Crippen LogP) is 3.67. The Hall–Kier alpha value is -3.74. The van der Waals surface area contributed by atoms with Gasteiger partial charge in [0.1, 0.15) is 11.5 Å². The van der Waals surface area contributed by atoms with E-state index in [1.807, 2.05) is 37.3 Å². The lowest BCUT2D eigenvalue weighted by molar-refractivity contribution is 0.0600. The number of nitrogens with one attached hydrogen (secondary N) is 1. The number of amides is 1. The van der Waals surface area contributed by atoms with Crippen molar-refractivity contribution >= 4 is 23.4 Å². The first-order chi connectivity index (χ1) is 14.1. The van der Waals surface area contributed by atoms with Crippen molar-refractivity contribution in [2.24, 2.45) is 0 Å². The third-order valence-electron chi connectivity index (χ3n) is 4.31. The number of ether oxygens (including phenoxy) is 1. The fraction of sp³-hybridized carbons (Fsp3) is 0.182. The van der Waals surface area contributed by atoms with E-state index in [9.17, 15) is 9.59 Å². The number of rotatable bonds is 7. The van der Waals surface area contributed by atoms with Crippen molar-refractivity contribution < 1.29 is 14.3 Å². The zero-order chi connectivity index (χ0) is 20.6. The fourth-order valence-electron chi connectivity index (χ4n) is 2.79. The number of anilines is 2. The molecular weight excluding hydrogens is 368 g/mol. The highest BCUT2D eigenvalue weighted by Crippen LogP contribution is 2.16. The Morgan fingerprint density at radius 1 is 1.03 bits per heavy atom. The van der Waals surface area contributed by atoms with Gasteiger partial charge in [0.05, 0.1) is 25.1 Å². The molecule has 29 heavy (non-hydrogen) atoms. The van der Waals surface area contributed by atoms with Crippen molar-refractivity contribution in [2.75, 3.05) is 19.0 Å². The van der Waals surface area contributed by atoms with Crippen LogP contribution in [0.1, 0.15) is 33.3 Å². The number of esters is 1. The molecular formula is C22H22N4O3. The highest BCUT2D eigenvalue weighted by Gasteiger charge is 2.16. The summed E-state index contributed by atoms with van der Waals surface area (Å²) < 4.78 is 4.72. The van der Waals surface area contributed by atoms with E-state index in [1.54, 1.807) is 29.2 Å². The minimum atomic E-state index is -0.418. The molecule has 0 radical (unpaired) electrons. The van der Waals surface area contributed by atoms with Gasteiger partial charge in [-0.15, -0.1) is 0 Å². The first-order valence-electron chi connectivity index (χ1n) is 9.21. The van der Waals surface area contributed by atoms with E-state index in [4.69, 9.17) is 4.74 Å². The Labute approximate surface area is 169 Å². The molecule has 0 atom stereocenters. The van der Waals surface area contributed by atoms with Crippen LogP contribution in [-0.4, -0.2) is 40.4 Å². The Balaban J connectivity index is 1.69. The van der Waals surface area contributed by atoms with Gasteiger partial charge < -0.3 is 15.0 Å². The van der Waals surface area contributed by atoms with Crippen LogP contribution in [0.5, 0.6) is 0 Å². The van der Waals surface area contributed by atoms with Gasteiger partial charge in [-0.2, -0.15) is 0 Å². The number of nitrogens with zero attached hydrogens (tertiary/aromatic N) is 3. The van der Waals surface area contributed by atoms with Gasteiger partial charge in [0.2, 0.25) is 0 Å². The Kier molecular flexibility index (Phi) is 6.52. The quantitative estimate of drug-likeness (QED) is 0.620. The molecule has 7 nitrogen and oxygen atoms in total. The fourth-order valence-corrected chi connectivity index (χ4v) is 2.79. The lowest BCUT2D eigenvalue weighted by Gasteiger charge is -2.20. The van der Waals surface area contributed by atoms with E-state index in [2.05, 4.69) is 15.3 Å².